The molecule has 0 amide bonds. The van der Waals surface area contributed by atoms with Crippen molar-refractivity contribution in [2.45, 2.75) is 59.7 Å². The first kappa shape index (κ1) is 19.8. The average molecular weight is 379 g/mol. The van der Waals surface area contributed by atoms with Crippen molar-refractivity contribution in [3.8, 4) is 0 Å². The topological polar surface area (TPSA) is 18.5 Å². The van der Waals surface area contributed by atoms with Crippen molar-refractivity contribution >= 4 is 25.7 Å². The van der Waals surface area contributed by atoms with Crippen molar-refractivity contribution in [3.05, 3.63) is 0 Å². The fourth-order valence-corrected chi connectivity index (χ4v) is 12.9. The van der Waals surface area contributed by atoms with E-state index in [0.29, 0.717) is 5.54 Å². The third-order valence-corrected chi connectivity index (χ3v) is 17.8. The van der Waals surface area contributed by atoms with Crippen LogP contribution in [0.15, 0.2) is 0 Å². The van der Waals surface area contributed by atoms with Crippen LogP contribution in [0.25, 0.3) is 0 Å². The van der Waals surface area contributed by atoms with Crippen molar-refractivity contribution in [3.63, 3.8) is 0 Å². The minimum Gasteiger partial charge on any atom is -0.147 e. The van der Waals surface area contributed by atoms with Gasteiger partial charge in [0.15, 0.2) is 0 Å². The minimum absolute atomic E-state index is 0. The van der Waals surface area contributed by atoms with Crippen LogP contribution in [0.2, 0.25) is 21.0 Å². The van der Waals surface area contributed by atoms with Gasteiger partial charge in [-0.3, -0.25) is 0 Å². The van der Waals surface area contributed by atoms with Gasteiger partial charge < -0.3 is 0 Å². The normalized spacial score (nSPS) is 24.4. The first-order chi connectivity index (χ1) is 9.53. The summed E-state index contributed by atoms with van der Waals surface area (Å²) in [6, 6.07) is 0. The van der Waals surface area contributed by atoms with E-state index in [0.717, 1.165) is 6.67 Å². The Labute approximate surface area is 141 Å². The van der Waals surface area contributed by atoms with Gasteiger partial charge in [0, 0.05) is 0 Å². The summed E-state index contributed by atoms with van der Waals surface area (Å²) in [4.78, 5) is 4.95. The summed E-state index contributed by atoms with van der Waals surface area (Å²) in [5.41, 5.74) is 0.497. The first-order valence-electron chi connectivity index (χ1n) is 8.65. The van der Waals surface area contributed by atoms with Crippen LogP contribution >= 0.6 is 12.4 Å². The minimum atomic E-state index is -1.38. The predicted octanol–water partition coefficient (Wildman–Crippen LogP) is 3.24. The van der Waals surface area contributed by atoms with Crippen LogP contribution in [0.5, 0.6) is 0 Å². The second-order valence-corrected chi connectivity index (χ2v) is 18.9. The third kappa shape index (κ3) is 5.10. The number of hydrogen-bond donors (Lipinski definition) is 1. The van der Waals surface area contributed by atoms with Crippen molar-refractivity contribution in [2.24, 2.45) is 0 Å². The van der Waals surface area contributed by atoms with Crippen LogP contribution in [-0.2, 0) is 0 Å². The van der Waals surface area contributed by atoms with Gasteiger partial charge in [-0.15, -0.1) is 12.4 Å². The molecule has 2 rings (SSSR count). The summed E-state index contributed by atoms with van der Waals surface area (Å²) in [5, 5.41) is 10.2. The van der Waals surface area contributed by atoms with E-state index in [1.54, 1.807) is 21.0 Å². The molecule has 21 heavy (non-hydrogen) atoms. The molecule has 0 aromatic carbocycles. The molecule has 2 aliphatic rings. The SMILES string of the molecule is C[CH2][Ge]1([CH2]C)[CH2]CC2(C[CH2]1)CN(CCCN(C)C)CN2.Cl. The van der Waals surface area contributed by atoms with Gasteiger partial charge in [-0.05, 0) is 0 Å². The fraction of sp³-hybridized carbons (Fsp3) is 1.00. The summed E-state index contributed by atoms with van der Waals surface area (Å²) in [6.45, 7) is 9.86. The van der Waals surface area contributed by atoms with Crippen molar-refractivity contribution < 1.29 is 0 Å². The average Bonchev–Trinajstić information content (AvgIpc) is 2.84. The van der Waals surface area contributed by atoms with E-state index in [2.05, 4.69) is 43.1 Å². The molecule has 2 saturated heterocycles. The molecule has 2 heterocycles. The van der Waals surface area contributed by atoms with E-state index in [1.807, 2.05) is 0 Å². The molecular weight excluding hydrogens is 342 g/mol. The monoisotopic (exact) mass is 379 g/mol. The van der Waals surface area contributed by atoms with Gasteiger partial charge in [0.05, 0.1) is 0 Å². The van der Waals surface area contributed by atoms with Crippen molar-refractivity contribution in [2.75, 3.05) is 40.4 Å². The van der Waals surface area contributed by atoms with Gasteiger partial charge >= 0.3 is 128 Å². The van der Waals surface area contributed by atoms with Gasteiger partial charge in [0.25, 0.3) is 0 Å². The molecule has 0 aromatic heterocycles. The Hall–Kier alpha value is 0.713. The second-order valence-electron chi connectivity index (χ2n) is 7.53. The fourth-order valence-electron chi connectivity index (χ4n) is 4.14. The summed E-state index contributed by atoms with van der Waals surface area (Å²) in [7, 11) is 4.35. The standard InChI is InChI=1S/C16H35GeN3.ClH/c1-5-17(6-2)10-8-16(9-11-17)14-20(15-18-16)13-7-12-19(3)4;/h18H,5-15H2,1-4H3;1H. The summed E-state index contributed by atoms with van der Waals surface area (Å²) < 4.78 is 0. The van der Waals surface area contributed by atoms with Crippen LogP contribution in [0.1, 0.15) is 33.1 Å². The molecule has 0 bridgehead atoms. The number of nitrogens with one attached hydrogen (secondary N) is 1. The maximum absolute atomic E-state index is 3.89. The predicted molar refractivity (Wildman–Crippen MR) is 98.3 cm³/mol. The molecule has 5 heteroatoms. The smallest absolute Gasteiger partial charge is 0.147 e. The van der Waals surface area contributed by atoms with Crippen LogP contribution in [0.3, 0.4) is 0 Å². The molecule has 0 aromatic rings. The summed E-state index contributed by atoms with van der Waals surface area (Å²) in [5.74, 6) is 0. The van der Waals surface area contributed by atoms with Gasteiger partial charge in [-0.2, -0.15) is 0 Å². The Morgan fingerprint density at radius 3 is 2.29 bits per heavy atom. The maximum atomic E-state index is 3.89. The zero-order valence-electron chi connectivity index (χ0n) is 14.6. The summed E-state index contributed by atoms with van der Waals surface area (Å²) in [6.07, 6.45) is 4.24. The van der Waals surface area contributed by atoms with Gasteiger partial charge in [0.1, 0.15) is 0 Å². The molecule has 0 radical (unpaired) electrons. The van der Waals surface area contributed by atoms with Crippen LogP contribution in [-0.4, -0.2) is 69.0 Å². The second kappa shape index (κ2) is 8.53. The first-order valence-corrected chi connectivity index (χ1v) is 14.6. The molecule has 0 atom stereocenters. The molecule has 2 aliphatic heterocycles. The summed E-state index contributed by atoms with van der Waals surface area (Å²) >= 11 is -1.38. The zero-order chi connectivity index (χ0) is 14.6. The Morgan fingerprint density at radius 1 is 1.14 bits per heavy atom. The van der Waals surface area contributed by atoms with Crippen molar-refractivity contribution in [1.82, 2.24) is 15.1 Å². The Kier molecular flexibility index (Phi) is 8.03. The number of nitrogens with zero attached hydrogens (tertiary/aromatic N) is 2. The maximum Gasteiger partial charge on any atom is -0.147 e. The molecule has 0 aliphatic carbocycles. The van der Waals surface area contributed by atoms with Crippen LogP contribution in [0.4, 0.5) is 0 Å². The Balaban J connectivity index is 0.00000220. The van der Waals surface area contributed by atoms with Crippen LogP contribution in [0, 0.1) is 0 Å². The van der Waals surface area contributed by atoms with E-state index in [4.69, 9.17) is 0 Å². The van der Waals surface area contributed by atoms with Crippen molar-refractivity contribution in [1.29, 1.82) is 0 Å². The van der Waals surface area contributed by atoms with E-state index >= 15 is 0 Å². The zero-order valence-corrected chi connectivity index (χ0v) is 17.5. The Morgan fingerprint density at radius 2 is 1.76 bits per heavy atom. The van der Waals surface area contributed by atoms with Crippen LogP contribution < -0.4 is 5.32 Å². The molecule has 1 spiro atoms. The molecule has 0 unspecified atom stereocenters. The van der Waals surface area contributed by atoms with E-state index in [1.165, 1.54) is 38.9 Å². The molecule has 126 valence electrons. The molecule has 3 nitrogen and oxygen atoms in total. The third-order valence-electron chi connectivity index (χ3n) is 6.05. The largest absolute Gasteiger partial charge is 0.147 e. The number of halogens is 1. The Bertz CT molecular complexity index is 298. The molecular formula is C16H36ClGeN3. The quantitative estimate of drug-likeness (QED) is 0.716. The molecule has 2 fully saturated rings. The van der Waals surface area contributed by atoms with Gasteiger partial charge in [-0.25, -0.2) is 0 Å². The van der Waals surface area contributed by atoms with Gasteiger partial charge in [0.2, 0.25) is 0 Å². The van der Waals surface area contributed by atoms with Gasteiger partial charge in [-0.1, -0.05) is 0 Å². The van der Waals surface area contributed by atoms with E-state index in [9.17, 15) is 0 Å². The van der Waals surface area contributed by atoms with E-state index < -0.39 is 13.3 Å². The molecule has 0 saturated carbocycles. The molecule has 1 N–H and O–H groups in total. The number of hydrogen-bond acceptors (Lipinski definition) is 3. The van der Waals surface area contributed by atoms with E-state index in [-0.39, 0.29) is 12.4 Å². The number of rotatable bonds is 6.